The number of nitrogens with one attached hydrogen (secondary N) is 1. The molecule has 5 heteroatoms. The number of aliphatic imine (C=N–C) groups is 1. The Morgan fingerprint density at radius 2 is 2.28 bits per heavy atom. The van der Waals surface area contributed by atoms with Crippen LogP contribution in [0.25, 0.3) is 0 Å². The summed E-state index contributed by atoms with van der Waals surface area (Å²) in [7, 11) is 0. The Bertz CT molecular complexity index is 483. The van der Waals surface area contributed by atoms with Crippen molar-refractivity contribution in [2.45, 2.75) is 6.92 Å². The van der Waals surface area contributed by atoms with E-state index in [9.17, 15) is 0 Å². The molecule has 1 aromatic carbocycles. The lowest BCUT2D eigenvalue weighted by Gasteiger charge is -2.19. The van der Waals surface area contributed by atoms with Gasteiger partial charge in [0.2, 0.25) is 0 Å². The average Bonchev–Trinajstić information content (AvgIpc) is 2.77. The summed E-state index contributed by atoms with van der Waals surface area (Å²) in [5, 5.41) is 4.48. The number of hydrogen-bond acceptors (Lipinski definition) is 3. The van der Waals surface area contributed by atoms with Crippen molar-refractivity contribution in [3.63, 3.8) is 0 Å². The number of hydrogen-bond donors (Lipinski definition) is 1. The molecule has 0 bridgehead atoms. The Balaban J connectivity index is 2.08. The number of anilines is 1. The summed E-state index contributed by atoms with van der Waals surface area (Å²) in [6.07, 6.45) is 4.14. The number of halogens is 2. The van der Waals surface area contributed by atoms with E-state index in [4.69, 9.17) is 23.2 Å². The second-order valence-electron chi connectivity index (χ2n) is 3.97. The topological polar surface area (TPSA) is 27.6 Å². The first-order valence-electron chi connectivity index (χ1n) is 5.83. The van der Waals surface area contributed by atoms with Crippen molar-refractivity contribution in [3.8, 4) is 0 Å². The molecule has 1 aromatic rings. The Hall–Kier alpha value is -1.19. The molecule has 1 heterocycles. The number of rotatable bonds is 3. The fraction of sp³-hybridized carbons (Fsp3) is 0.308. The van der Waals surface area contributed by atoms with Crippen molar-refractivity contribution in [3.05, 3.63) is 40.4 Å². The summed E-state index contributed by atoms with van der Waals surface area (Å²) in [4.78, 5) is 6.61. The fourth-order valence-electron chi connectivity index (χ4n) is 1.72. The minimum absolute atomic E-state index is 0.600. The van der Waals surface area contributed by atoms with Crippen LogP contribution in [0.3, 0.4) is 0 Å². The molecule has 0 amide bonds. The zero-order valence-corrected chi connectivity index (χ0v) is 11.7. The van der Waals surface area contributed by atoms with Gasteiger partial charge in [-0.05, 0) is 25.1 Å². The molecule has 0 fully saturated rings. The lowest BCUT2D eigenvalue weighted by Crippen LogP contribution is -2.33. The summed E-state index contributed by atoms with van der Waals surface area (Å²) >= 11 is 12.0. The maximum Gasteiger partial charge on any atom is 0.198 e. The normalized spacial score (nSPS) is 15.3. The van der Waals surface area contributed by atoms with E-state index < -0.39 is 0 Å². The van der Waals surface area contributed by atoms with E-state index in [-0.39, 0.29) is 0 Å². The SMILES string of the molecule is C/C=C/CN1CCN=C1Nc1ccc(Cl)cc1Cl. The van der Waals surface area contributed by atoms with Gasteiger partial charge in [0.05, 0.1) is 17.3 Å². The van der Waals surface area contributed by atoms with E-state index >= 15 is 0 Å². The maximum absolute atomic E-state index is 6.13. The van der Waals surface area contributed by atoms with Crippen LogP contribution in [-0.4, -0.2) is 30.5 Å². The quantitative estimate of drug-likeness (QED) is 0.858. The Labute approximate surface area is 117 Å². The predicted octanol–water partition coefficient (Wildman–Crippen LogP) is 3.65. The highest BCUT2D eigenvalue weighted by Gasteiger charge is 2.16. The first kappa shape index (κ1) is 13.2. The second-order valence-corrected chi connectivity index (χ2v) is 4.81. The molecule has 1 N–H and O–H groups in total. The third-order valence-corrected chi connectivity index (χ3v) is 3.22. The third kappa shape index (κ3) is 3.18. The molecule has 0 radical (unpaired) electrons. The van der Waals surface area contributed by atoms with Crippen LogP contribution in [0.2, 0.25) is 10.0 Å². The molecule has 0 aromatic heterocycles. The molecule has 1 aliphatic rings. The van der Waals surface area contributed by atoms with Gasteiger partial charge >= 0.3 is 0 Å². The first-order chi connectivity index (χ1) is 8.70. The highest BCUT2D eigenvalue weighted by atomic mass is 35.5. The Morgan fingerprint density at radius 3 is 3.00 bits per heavy atom. The van der Waals surface area contributed by atoms with Gasteiger partial charge < -0.3 is 10.2 Å². The zero-order valence-electron chi connectivity index (χ0n) is 10.2. The van der Waals surface area contributed by atoms with Crippen LogP contribution in [0.15, 0.2) is 35.3 Å². The highest BCUT2D eigenvalue weighted by Crippen LogP contribution is 2.25. The van der Waals surface area contributed by atoms with Crippen molar-refractivity contribution in [2.24, 2.45) is 4.99 Å². The van der Waals surface area contributed by atoms with Gasteiger partial charge in [-0.3, -0.25) is 4.99 Å². The molecule has 1 aliphatic heterocycles. The monoisotopic (exact) mass is 283 g/mol. The van der Waals surface area contributed by atoms with Gasteiger partial charge in [-0.1, -0.05) is 35.4 Å². The van der Waals surface area contributed by atoms with Gasteiger partial charge in [-0.15, -0.1) is 0 Å². The van der Waals surface area contributed by atoms with Crippen LogP contribution in [-0.2, 0) is 0 Å². The van der Waals surface area contributed by atoms with E-state index in [1.807, 2.05) is 25.1 Å². The van der Waals surface area contributed by atoms with Crippen LogP contribution in [0, 0.1) is 0 Å². The van der Waals surface area contributed by atoms with Gasteiger partial charge in [-0.25, -0.2) is 0 Å². The average molecular weight is 284 g/mol. The smallest absolute Gasteiger partial charge is 0.198 e. The molecule has 96 valence electrons. The van der Waals surface area contributed by atoms with Crippen LogP contribution >= 0.6 is 23.2 Å². The molecule has 0 unspecified atom stereocenters. The third-order valence-electron chi connectivity index (χ3n) is 2.67. The molecule has 0 aliphatic carbocycles. The van der Waals surface area contributed by atoms with Crippen molar-refractivity contribution >= 4 is 34.8 Å². The van der Waals surface area contributed by atoms with Crippen molar-refractivity contribution < 1.29 is 0 Å². The molecule has 2 rings (SSSR count). The van der Waals surface area contributed by atoms with E-state index in [1.54, 1.807) is 6.07 Å². The number of nitrogens with zero attached hydrogens (tertiary/aromatic N) is 2. The van der Waals surface area contributed by atoms with E-state index in [0.717, 1.165) is 31.3 Å². The van der Waals surface area contributed by atoms with Gasteiger partial charge in [0.15, 0.2) is 5.96 Å². The number of allylic oxidation sites excluding steroid dienone is 1. The molecule has 0 atom stereocenters. The molecule has 0 saturated carbocycles. The summed E-state index contributed by atoms with van der Waals surface area (Å²) < 4.78 is 0. The second kappa shape index (κ2) is 6.12. The molecule has 18 heavy (non-hydrogen) atoms. The zero-order chi connectivity index (χ0) is 13.0. The largest absolute Gasteiger partial charge is 0.337 e. The van der Waals surface area contributed by atoms with E-state index in [0.29, 0.717) is 10.0 Å². The van der Waals surface area contributed by atoms with E-state index in [2.05, 4.69) is 21.3 Å². The lowest BCUT2D eigenvalue weighted by molar-refractivity contribution is 0.505. The molecule has 0 saturated heterocycles. The molecular formula is C13H15Cl2N3. The molecule has 3 nitrogen and oxygen atoms in total. The first-order valence-corrected chi connectivity index (χ1v) is 6.59. The predicted molar refractivity (Wildman–Crippen MR) is 78.8 cm³/mol. The van der Waals surface area contributed by atoms with E-state index in [1.165, 1.54) is 0 Å². The maximum atomic E-state index is 6.13. The summed E-state index contributed by atoms with van der Waals surface area (Å²) in [5.74, 6) is 0.859. The minimum Gasteiger partial charge on any atom is -0.337 e. The van der Waals surface area contributed by atoms with Gasteiger partial charge in [0.25, 0.3) is 0 Å². The number of benzene rings is 1. The van der Waals surface area contributed by atoms with Crippen LogP contribution in [0.4, 0.5) is 5.69 Å². The Kier molecular flexibility index (Phi) is 4.50. The highest BCUT2D eigenvalue weighted by molar-refractivity contribution is 6.36. The fourth-order valence-corrected chi connectivity index (χ4v) is 2.18. The van der Waals surface area contributed by atoms with Crippen molar-refractivity contribution in [1.29, 1.82) is 0 Å². The summed E-state index contributed by atoms with van der Waals surface area (Å²) in [6, 6.07) is 5.39. The molecular weight excluding hydrogens is 269 g/mol. The van der Waals surface area contributed by atoms with Crippen LogP contribution in [0.5, 0.6) is 0 Å². The van der Waals surface area contributed by atoms with Gasteiger partial charge in [0.1, 0.15) is 0 Å². The van der Waals surface area contributed by atoms with Gasteiger partial charge in [-0.2, -0.15) is 0 Å². The minimum atomic E-state index is 0.600. The van der Waals surface area contributed by atoms with Gasteiger partial charge in [0, 0.05) is 18.1 Å². The molecule has 0 spiro atoms. The van der Waals surface area contributed by atoms with Crippen LogP contribution in [0.1, 0.15) is 6.92 Å². The number of guanidine groups is 1. The standard InChI is InChI=1S/C13H15Cl2N3/c1-2-3-7-18-8-6-16-13(18)17-12-5-4-10(14)9-11(12)15/h2-5,9H,6-8H2,1H3,(H,16,17)/b3-2+. The van der Waals surface area contributed by atoms with Crippen LogP contribution < -0.4 is 5.32 Å². The lowest BCUT2D eigenvalue weighted by atomic mass is 10.3. The van der Waals surface area contributed by atoms with Crippen molar-refractivity contribution in [1.82, 2.24) is 4.90 Å². The van der Waals surface area contributed by atoms with Crippen molar-refractivity contribution in [2.75, 3.05) is 25.0 Å². The summed E-state index contributed by atoms with van der Waals surface area (Å²) in [6.45, 7) is 4.60. The Morgan fingerprint density at radius 1 is 1.44 bits per heavy atom. The summed E-state index contributed by atoms with van der Waals surface area (Å²) in [5.41, 5.74) is 0.826.